The second-order valence-corrected chi connectivity index (χ2v) is 6.45. The van der Waals surface area contributed by atoms with E-state index in [0.29, 0.717) is 6.04 Å². The highest BCUT2D eigenvalue weighted by Crippen LogP contribution is 2.12. The van der Waals surface area contributed by atoms with E-state index in [4.69, 9.17) is 14.5 Å². The van der Waals surface area contributed by atoms with E-state index in [9.17, 15) is 0 Å². The number of piperidine rings is 1. The molecule has 6 nitrogen and oxygen atoms in total. The molecule has 2 aliphatic heterocycles. The van der Waals surface area contributed by atoms with Gasteiger partial charge in [0.2, 0.25) is 0 Å². The van der Waals surface area contributed by atoms with Gasteiger partial charge in [-0.2, -0.15) is 0 Å². The van der Waals surface area contributed by atoms with Gasteiger partial charge in [-0.05, 0) is 32.6 Å². The summed E-state index contributed by atoms with van der Waals surface area (Å²) in [5, 5.41) is 6.98. The van der Waals surface area contributed by atoms with Crippen LogP contribution in [0.3, 0.4) is 0 Å². The summed E-state index contributed by atoms with van der Waals surface area (Å²) < 4.78 is 10.5. The number of guanidine groups is 1. The highest BCUT2D eigenvalue weighted by molar-refractivity contribution is 14.0. The zero-order chi connectivity index (χ0) is 17.0. The lowest BCUT2D eigenvalue weighted by Gasteiger charge is -2.32. The molecule has 0 aromatic carbocycles. The molecular weight excluding hydrogens is 431 g/mol. The normalized spacial score (nSPS) is 19.9. The standard InChI is InChI=1S/C18H34N4O2.HI/c1-3-19-18(20-9-4-16-7-13-24-14-8-16)21-17-5-10-22(11-6-17)12-15-23-2;/h7,17H,3-6,8-15H2,1-2H3,(H2,19,20,21);1H. The van der Waals surface area contributed by atoms with Crippen LogP contribution in [0, 0.1) is 0 Å². The lowest BCUT2D eigenvalue weighted by atomic mass is 10.1. The number of rotatable bonds is 8. The van der Waals surface area contributed by atoms with Crippen molar-refractivity contribution in [2.75, 3.05) is 59.7 Å². The Morgan fingerprint density at radius 3 is 2.84 bits per heavy atom. The fraction of sp³-hybridized carbons (Fsp3) is 0.833. The quantitative estimate of drug-likeness (QED) is 0.248. The van der Waals surface area contributed by atoms with E-state index in [2.05, 4.69) is 28.5 Å². The van der Waals surface area contributed by atoms with E-state index < -0.39 is 0 Å². The average Bonchev–Trinajstić information content (AvgIpc) is 2.62. The van der Waals surface area contributed by atoms with Crippen LogP contribution in [0.5, 0.6) is 0 Å². The SMILES string of the molecule is CCNC(=NCCC1=CCOCC1)NC1CCN(CCOC)CC1.I. The first-order valence-corrected chi connectivity index (χ1v) is 9.33. The minimum Gasteiger partial charge on any atom is -0.383 e. The molecule has 7 heteroatoms. The molecule has 146 valence electrons. The summed E-state index contributed by atoms with van der Waals surface area (Å²) in [6.07, 6.45) is 6.62. The first-order valence-electron chi connectivity index (χ1n) is 9.33. The van der Waals surface area contributed by atoms with Crippen molar-refractivity contribution in [1.29, 1.82) is 0 Å². The van der Waals surface area contributed by atoms with Crippen molar-refractivity contribution >= 4 is 29.9 Å². The summed E-state index contributed by atoms with van der Waals surface area (Å²) >= 11 is 0. The van der Waals surface area contributed by atoms with Crippen LogP contribution in [-0.4, -0.2) is 76.6 Å². The molecule has 25 heavy (non-hydrogen) atoms. The lowest BCUT2D eigenvalue weighted by molar-refractivity contribution is 0.128. The number of nitrogens with zero attached hydrogens (tertiary/aromatic N) is 2. The van der Waals surface area contributed by atoms with Gasteiger partial charge in [0, 0.05) is 45.9 Å². The number of aliphatic imine (C=N–C) groups is 1. The number of hydrogen-bond acceptors (Lipinski definition) is 4. The zero-order valence-corrected chi connectivity index (χ0v) is 18.1. The van der Waals surface area contributed by atoms with Crippen LogP contribution in [-0.2, 0) is 9.47 Å². The summed E-state index contributed by atoms with van der Waals surface area (Å²) in [6.45, 7) is 9.60. The topological polar surface area (TPSA) is 58.1 Å². The Labute approximate surface area is 169 Å². The van der Waals surface area contributed by atoms with Gasteiger partial charge in [-0.3, -0.25) is 4.99 Å². The van der Waals surface area contributed by atoms with Gasteiger partial charge in [0.05, 0.1) is 19.8 Å². The van der Waals surface area contributed by atoms with Gasteiger partial charge in [-0.15, -0.1) is 24.0 Å². The predicted octanol–water partition coefficient (Wildman–Crippen LogP) is 2.01. The number of methoxy groups -OCH3 is 1. The molecule has 2 heterocycles. The van der Waals surface area contributed by atoms with Gasteiger partial charge in [0.25, 0.3) is 0 Å². The minimum atomic E-state index is 0. The molecule has 2 rings (SSSR count). The minimum absolute atomic E-state index is 0. The second kappa shape index (κ2) is 13.8. The van der Waals surface area contributed by atoms with E-state index in [1.165, 1.54) is 5.57 Å². The number of ether oxygens (including phenoxy) is 2. The molecule has 0 aromatic rings. The van der Waals surface area contributed by atoms with Gasteiger partial charge in [0.1, 0.15) is 0 Å². The summed E-state index contributed by atoms with van der Waals surface area (Å²) in [5.41, 5.74) is 1.48. The van der Waals surface area contributed by atoms with Crippen molar-refractivity contribution in [3.05, 3.63) is 11.6 Å². The van der Waals surface area contributed by atoms with Gasteiger partial charge in [-0.25, -0.2) is 0 Å². The highest BCUT2D eigenvalue weighted by atomic mass is 127. The Morgan fingerprint density at radius 2 is 2.20 bits per heavy atom. The van der Waals surface area contributed by atoms with Crippen LogP contribution < -0.4 is 10.6 Å². The van der Waals surface area contributed by atoms with Crippen LogP contribution in [0.25, 0.3) is 0 Å². The molecule has 0 radical (unpaired) electrons. The van der Waals surface area contributed by atoms with Crippen LogP contribution in [0.15, 0.2) is 16.6 Å². The molecule has 0 amide bonds. The summed E-state index contributed by atoms with van der Waals surface area (Å²) in [5.74, 6) is 0.959. The first-order chi connectivity index (χ1) is 11.8. The predicted molar refractivity (Wildman–Crippen MR) is 114 cm³/mol. The van der Waals surface area contributed by atoms with Crippen molar-refractivity contribution in [2.45, 2.75) is 38.6 Å². The van der Waals surface area contributed by atoms with Crippen molar-refractivity contribution in [2.24, 2.45) is 4.99 Å². The molecule has 0 spiro atoms. The van der Waals surface area contributed by atoms with E-state index in [0.717, 1.165) is 84.2 Å². The maximum atomic E-state index is 5.35. The Kier molecular flexibility index (Phi) is 12.5. The maximum Gasteiger partial charge on any atom is 0.191 e. The van der Waals surface area contributed by atoms with Crippen molar-refractivity contribution < 1.29 is 9.47 Å². The number of likely N-dealkylation sites (tertiary alicyclic amines) is 1. The third-order valence-electron chi connectivity index (χ3n) is 4.64. The van der Waals surface area contributed by atoms with Crippen molar-refractivity contribution in [1.82, 2.24) is 15.5 Å². The van der Waals surface area contributed by atoms with Crippen LogP contribution >= 0.6 is 24.0 Å². The lowest BCUT2D eigenvalue weighted by Crippen LogP contribution is -2.49. The van der Waals surface area contributed by atoms with E-state index in [1.54, 1.807) is 7.11 Å². The van der Waals surface area contributed by atoms with Gasteiger partial charge in [-0.1, -0.05) is 11.6 Å². The number of nitrogens with one attached hydrogen (secondary N) is 2. The van der Waals surface area contributed by atoms with Gasteiger partial charge >= 0.3 is 0 Å². The fourth-order valence-electron chi connectivity index (χ4n) is 3.14. The zero-order valence-electron chi connectivity index (χ0n) is 15.8. The summed E-state index contributed by atoms with van der Waals surface area (Å²) in [6, 6.07) is 0.517. The van der Waals surface area contributed by atoms with Gasteiger partial charge in [0.15, 0.2) is 5.96 Å². The highest BCUT2D eigenvalue weighted by Gasteiger charge is 2.19. The molecular formula is C18H35IN4O2. The third kappa shape index (κ3) is 9.21. The van der Waals surface area contributed by atoms with Crippen LogP contribution in [0.1, 0.15) is 32.6 Å². The average molecular weight is 466 g/mol. The Balaban J connectivity index is 0.00000312. The second-order valence-electron chi connectivity index (χ2n) is 6.45. The maximum absolute atomic E-state index is 5.35. The van der Waals surface area contributed by atoms with Crippen molar-refractivity contribution in [3.8, 4) is 0 Å². The Hall–Kier alpha value is -0.380. The van der Waals surface area contributed by atoms with Crippen LogP contribution in [0.4, 0.5) is 0 Å². The summed E-state index contributed by atoms with van der Waals surface area (Å²) in [7, 11) is 1.77. The molecule has 0 atom stereocenters. The monoisotopic (exact) mass is 466 g/mol. The Morgan fingerprint density at radius 1 is 1.40 bits per heavy atom. The molecule has 2 aliphatic rings. The molecule has 0 unspecified atom stereocenters. The van der Waals surface area contributed by atoms with E-state index >= 15 is 0 Å². The molecule has 2 N–H and O–H groups in total. The molecule has 1 fully saturated rings. The Bertz CT molecular complexity index is 410. The number of halogens is 1. The van der Waals surface area contributed by atoms with Gasteiger partial charge < -0.3 is 25.0 Å². The summed E-state index contributed by atoms with van der Waals surface area (Å²) in [4.78, 5) is 7.23. The van der Waals surface area contributed by atoms with E-state index in [1.807, 2.05) is 0 Å². The molecule has 0 bridgehead atoms. The molecule has 0 aliphatic carbocycles. The largest absolute Gasteiger partial charge is 0.383 e. The first kappa shape index (κ1) is 22.7. The third-order valence-corrected chi connectivity index (χ3v) is 4.64. The number of hydrogen-bond donors (Lipinski definition) is 2. The smallest absolute Gasteiger partial charge is 0.191 e. The van der Waals surface area contributed by atoms with E-state index in [-0.39, 0.29) is 24.0 Å². The molecule has 1 saturated heterocycles. The molecule has 0 saturated carbocycles. The molecule has 0 aromatic heterocycles. The fourth-order valence-corrected chi connectivity index (χ4v) is 3.14. The van der Waals surface area contributed by atoms with Crippen LogP contribution in [0.2, 0.25) is 0 Å². The van der Waals surface area contributed by atoms with Crippen molar-refractivity contribution in [3.63, 3.8) is 0 Å².